The number of rotatable bonds is 3. The van der Waals surface area contributed by atoms with E-state index >= 15 is 0 Å². The highest BCUT2D eigenvalue weighted by Gasteiger charge is 2.05. The van der Waals surface area contributed by atoms with Crippen molar-refractivity contribution in [3.8, 4) is 5.75 Å². The smallest absolute Gasteiger partial charge is 0.165 e. The van der Waals surface area contributed by atoms with Gasteiger partial charge in [-0.2, -0.15) is 0 Å². The minimum absolute atomic E-state index is 0.250. The quantitative estimate of drug-likeness (QED) is 0.857. The summed E-state index contributed by atoms with van der Waals surface area (Å²) in [6, 6.07) is 4.62. The van der Waals surface area contributed by atoms with Crippen LogP contribution in [0, 0.1) is 12.7 Å². The van der Waals surface area contributed by atoms with Crippen molar-refractivity contribution in [3.05, 3.63) is 44.6 Å². The van der Waals surface area contributed by atoms with E-state index in [4.69, 9.17) is 4.74 Å². The molecule has 2 nitrogen and oxygen atoms in total. The Kier molecular flexibility index (Phi) is 3.56. The van der Waals surface area contributed by atoms with Crippen molar-refractivity contribution in [2.24, 2.45) is 0 Å². The molecule has 0 aliphatic heterocycles. The number of nitrogens with zero attached hydrogens (tertiary/aromatic N) is 1. The van der Waals surface area contributed by atoms with E-state index in [-0.39, 0.29) is 11.6 Å². The summed E-state index contributed by atoms with van der Waals surface area (Å²) in [6.07, 6.45) is 1.75. The summed E-state index contributed by atoms with van der Waals surface area (Å²) in [5, 5.41) is 0.980. The van der Waals surface area contributed by atoms with Gasteiger partial charge in [-0.15, -0.1) is 11.3 Å². The summed E-state index contributed by atoms with van der Waals surface area (Å²) in [5.41, 5.74) is 0. The Hall–Kier alpha value is -0.940. The van der Waals surface area contributed by atoms with Crippen molar-refractivity contribution in [1.82, 2.24) is 4.98 Å². The Labute approximate surface area is 105 Å². The fraction of sp³-hybridized carbons (Fsp3) is 0.182. The topological polar surface area (TPSA) is 22.1 Å². The van der Waals surface area contributed by atoms with Crippen LogP contribution in [0.15, 0.2) is 28.9 Å². The van der Waals surface area contributed by atoms with Gasteiger partial charge >= 0.3 is 0 Å². The van der Waals surface area contributed by atoms with Crippen LogP contribution in [0.1, 0.15) is 9.88 Å². The second-order valence-electron chi connectivity index (χ2n) is 3.21. The molecule has 0 spiro atoms. The molecule has 0 saturated carbocycles. The molecule has 0 bridgehead atoms. The van der Waals surface area contributed by atoms with E-state index in [0.29, 0.717) is 6.61 Å². The van der Waals surface area contributed by atoms with Gasteiger partial charge < -0.3 is 4.74 Å². The van der Waals surface area contributed by atoms with Crippen molar-refractivity contribution >= 4 is 27.3 Å². The molecule has 0 N–H and O–H groups in total. The zero-order valence-corrected chi connectivity index (χ0v) is 10.9. The lowest BCUT2D eigenvalue weighted by Crippen LogP contribution is -1.95. The zero-order valence-electron chi connectivity index (χ0n) is 8.54. The van der Waals surface area contributed by atoms with Gasteiger partial charge in [0, 0.05) is 10.7 Å². The fourth-order valence-corrected chi connectivity index (χ4v) is 2.26. The predicted octanol–water partition coefficient (Wildman–Crippen LogP) is 3.93. The number of ether oxygens (including phenoxy) is 1. The Morgan fingerprint density at radius 2 is 2.31 bits per heavy atom. The van der Waals surface area contributed by atoms with Crippen LogP contribution in [0.5, 0.6) is 5.75 Å². The molecule has 1 aromatic heterocycles. The Balaban J connectivity index is 2.07. The number of benzene rings is 1. The third-order valence-electron chi connectivity index (χ3n) is 1.93. The maximum absolute atomic E-state index is 13.3. The molecule has 2 rings (SSSR count). The minimum Gasteiger partial charge on any atom is -0.485 e. The van der Waals surface area contributed by atoms with E-state index in [1.807, 2.05) is 6.92 Å². The third kappa shape index (κ3) is 2.80. The van der Waals surface area contributed by atoms with Crippen LogP contribution < -0.4 is 4.74 Å². The predicted molar refractivity (Wildman–Crippen MR) is 65.3 cm³/mol. The van der Waals surface area contributed by atoms with Gasteiger partial charge in [-0.05, 0) is 25.1 Å². The molecule has 84 valence electrons. The highest BCUT2D eigenvalue weighted by Crippen LogP contribution is 2.23. The van der Waals surface area contributed by atoms with Crippen LogP contribution in [0.4, 0.5) is 4.39 Å². The van der Waals surface area contributed by atoms with Crippen molar-refractivity contribution in [2.75, 3.05) is 0 Å². The molecule has 0 radical (unpaired) electrons. The lowest BCUT2D eigenvalue weighted by atomic mass is 10.3. The summed E-state index contributed by atoms with van der Waals surface area (Å²) in [5.74, 6) is -0.107. The minimum atomic E-state index is -0.357. The van der Waals surface area contributed by atoms with Crippen molar-refractivity contribution < 1.29 is 9.13 Å². The molecule has 1 aromatic carbocycles. The van der Waals surface area contributed by atoms with E-state index < -0.39 is 0 Å². The van der Waals surface area contributed by atoms with Crippen LogP contribution in [-0.4, -0.2) is 4.98 Å². The van der Waals surface area contributed by atoms with Gasteiger partial charge in [0.2, 0.25) is 0 Å². The Morgan fingerprint density at radius 1 is 1.50 bits per heavy atom. The highest BCUT2D eigenvalue weighted by molar-refractivity contribution is 9.10. The first-order chi connectivity index (χ1) is 7.65. The molecule has 0 amide bonds. The van der Waals surface area contributed by atoms with Crippen LogP contribution in [-0.2, 0) is 6.61 Å². The molecular weight excluding hydrogens is 293 g/mol. The van der Waals surface area contributed by atoms with Crippen molar-refractivity contribution in [3.63, 3.8) is 0 Å². The molecule has 2 aromatic rings. The van der Waals surface area contributed by atoms with Gasteiger partial charge in [-0.25, -0.2) is 9.37 Å². The van der Waals surface area contributed by atoms with E-state index in [2.05, 4.69) is 20.9 Å². The van der Waals surface area contributed by atoms with Gasteiger partial charge in [0.05, 0.1) is 9.88 Å². The summed E-state index contributed by atoms with van der Waals surface area (Å²) in [6.45, 7) is 2.27. The molecule has 16 heavy (non-hydrogen) atoms. The molecule has 0 saturated heterocycles. The fourth-order valence-electron chi connectivity index (χ4n) is 1.21. The highest BCUT2D eigenvalue weighted by atomic mass is 79.9. The van der Waals surface area contributed by atoms with Crippen LogP contribution in [0.2, 0.25) is 0 Å². The van der Waals surface area contributed by atoms with Crippen LogP contribution in [0.3, 0.4) is 0 Å². The maximum Gasteiger partial charge on any atom is 0.165 e. The first-order valence-corrected chi connectivity index (χ1v) is 6.25. The Morgan fingerprint density at radius 3 is 3.00 bits per heavy atom. The molecule has 0 unspecified atom stereocenters. The number of hydrogen-bond donors (Lipinski definition) is 0. The second-order valence-corrected chi connectivity index (χ2v) is 5.44. The number of aromatic nitrogens is 1. The number of aryl methyl sites for hydroxylation is 1. The summed E-state index contributed by atoms with van der Waals surface area (Å²) < 4.78 is 19.5. The SMILES string of the molecule is Cc1ncc(COc2cc(Br)ccc2F)s1. The molecule has 5 heteroatoms. The maximum atomic E-state index is 13.3. The molecule has 0 fully saturated rings. The van der Waals surface area contributed by atoms with E-state index in [1.54, 1.807) is 29.7 Å². The van der Waals surface area contributed by atoms with Gasteiger partial charge in [0.25, 0.3) is 0 Å². The lowest BCUT2D eigenvalue weighted by Gasteiger charge is -2.05. The van der Waals surface area contributed by atoms with Gasteiger partial charge in [-0.1, -0.05) is 15.9 Å². The first kappa shape index (κ1) is 11.5. The molecule has 0 atom stereocenters. The molecule has 0 aliphatic carbocycles. The average Bonchev–Trinajstić information content (AvgIpc) is 2.66. The van der Waals surface area contributed by atoms with E-state index in [9.17, 15) is 4.39 Å². The Bertz CT molecular complexity index is 500. The summed E-state index contributed by atoms with van der Waals surface area (Å²) in [4.78, 5) is 5.09. The van der Waals surface area contributed by atoms with E-state index in [1.165, 1.54) is 6.07 Å². The van der Waals surface area contributed by atoms with Crippen molar-refractivity contribution in [2.45, 2.75) is 13.5 Å². The zero-order chi connectivity index (χ0) is 11.5. The normalized spacial score (nSPS) is 10.4. The number of hydrogen-bond acceptors (Lipinski definition) is 3. The van der Waals surface area contributed by atoms with Crippen molar-refractivity contribution in [1.29, 1.82) is 0 Å². The van der Waals surface area contributed by atoms with Crippen LogP contribution >= 0.6 is 27.3 Å². The second kappa shape index (κ2) is 4.93. The van der Waals surface area contributed by atoms with Gasteiger partial charge in [-0.3, -0.25) is 0 Å². The number of thiazole rings is 1. The van der Waals surface area contributed by atoms with E-state index in [0.717, 1.165) is 14.4 Å². The largest absolute Gasteiger partial charge is 0.485 e. The summed E-state index contributed by atoms with van der Waals surface area (Å²) >= 11 is 4.82. The molecular formula is C11H9BrFNOS. The standard InChI is InChI=1S/C11H9BrFNOS/c1-7-14-5-9(16-7)6-15-11-4-8(12)2-3-10(11)13/h2-5H,6H2,1H3. The lowest BCUT2D eigenvalue weighted by molar-refractivity contribution is 0.293. The first-order valence-electron chi connectivity index (χ1n) is 4.64. The third-order valence-corrected chi connectivity index (χ3v) is 3.31. The summed E-state index contributed by atoms with van der Waals surface area (Å²) in [7, 11) is 0. The molecule has 0 aliphatic rings. The van der Waals surface area contributed by atoms with Gasteiger partial charge in [0.1, 0.15) is 6.61 Å². The van der Waals surface area contributed by atoms with Gasteiger partial charge in [0.15, 0.2) is 11.6 Å². The molecule has 1 heterocycles. The van der Waals surface area contributed by atoms with Crippen LogP contribution in [0.25, 0.3) is 0 Å². The monoisotopic (exact) mass is 301 g/mol. The average molecular weight is 302 g/mol. The number of halogens is 2.